The van der Waals surface area contributed by atoms with E-state index in [0.29, 0.717) is 24.8 Å². The zero-order valence-corrected chi connectivity index (χ0v) is 11.1. The van der Waals surface area contributed by atoms with E-state index in [1.54, 1.807) is 12.4 Å². The van der Waals surface area contributed by atoms with Crippen molar-refractivity contribution in [3.8, 4) is 5.88 Å². The molecular weight excluding hydrogens is 246 g/mol. The number of ether oxygens (including phenoxy) is 1. The van der Waals surface area contributed by atoms with E-state index in [4.69, 9.17) is 4.74 Å². The van der Waals surface area contributed by atoms with Crippen LogP contribution in [0.3, 0.4) is 0 Å². The topological polar surface area (TPSA) is 84.3 Å². The number of carboxylic acid groups (broad SMARTS) is 1. The lowest BCUT2D eigenvalue weighted by Gasteiger charge is -2.37. The Hall–Kier alpha value is -1.85. The molecular formula is C13H19N3O3. The summed E-state index contributed by atoms with van der Waals surface area (Å²) in [5.74, 6) is 0.281. The monoisotopic (exact) mass is 265 g/mol. The number of carboxylic acids is 1. The molecule has 2 rings (SSSR count). The second-order valence-electron chi connectivity index (χ2n) is 4.88. The highest BCUT2D eigenvalue weighted by Crippen LogP contribution is 2.41. The summed E-state index contributed by atoms with van der Waals surface area (Å²) in [5, 5.41) is 12.3. The summed E-state index contributed by atoms with van der Waals surface area (Å²) in [6.45, 7) is 2.99. The number of hydrogen-bond acceptors (Lipinski definition) is 5. The summed E-state index contributed by atoms with van der Waals surface area (Å²) < 4.78 is 5.39. The van der Waals surface area contributed by atoms with Crippen molar-refractivity contribution in [2.75, 3.05) is 18.5 Å². The fraction of sp³-hybridized carbons (Fsp3) is 0.615. The van der Waals surface area contributed by atoms with Gasteiger partial charge in [0, 0.05) is 6.54 Å². The minimum absolute atomic E-state index is 0.383. The molecule has 1 aliphatic rings. The Morgan fingerprint density at radius 2 is 2.32 bits per heavy atom. The third kappa shape index (κ3) is 3.13. The molecule has 2 N–H and O–H groups in total. The van der Waals surface area contributed by atoms with Gasteiger partial charge in [0.25, 0.3) is 0 Å². The number of anilines is 1. The highest BCUT2D eigenvalue weighted by Gasteiger charge is 2.44. The Morgan fingerprint density at radius 1 is 1.53 bits per heavy atom. The lowest BCUT2D eigenvalue weighted by atomic mass is 9.69. The first-order chi connectivity index (χ1) is 9.16. The van der Waals surface area contributed by atoms with Gasteiger partial charge >= 0.3 is 5.97 Å². The molecule has 1 heterocycles. The largest absolute Gasteiger partial charge is 0.481 e. The van der Waals surface area contributed by atoms with Crippen LogP contribution < -0.4 is 10.1 Å². The smallest absolute Gasteiger partial charge is 0.311 e. The van der Waals surface area contributed by atoms with Crippen LogP contribution in [0, 0.1) is 5.41 Å². The highest BCUT2D eigenvalue weighted by molar-refractivity contribution is 5.76. The summed E-state index contributed by atoms with van der Waals surface area (Å²) in [5.41, 5.74) is -0.637. The molecule has 1 fully saturated rings. The maximum Gasteiger partial charge on any atom is 0.311 e. The van der Waals surface area contributed by atoms with Crippen LogP contribution in [0.5, 0.6) is 5.88 Å². The molecule has 0 amide bonds. The van der Waals surface area contributed by atoms with Crippen molar-refractivity contribution in [3.63, 3.8) is 0 Å². The fourth-order valence-electron chi connectivity index (χ4n) is 2.04. The molecule has 0 radical (unpaired) electrons. The van der Waals surface area contributed by atoms with Crippen LogP contribution in [0.2, 0.25) is 0 Å². The molecule has 6 heteroatoms. The van der Waals surface area contributed by atoms with Crippen molar-refractivity contribution in [2.45, 2.75) is 32.6 Å². The average Bonchev–Trinajstić information content (AvgIpc) is 2.35. The summed E-state index contributed by atoms with van der Waals surface area (Å²) in [4.78, 5) is 19.5. The molecule has 0 aliphatic heterocycles. The minimum atomic E-state index is -0.738. The van der Waals surface area contributed by atoms with Gasteiger partial charge in [-0.05, 0) is 19.3 Å². The van der Waals surface area contributed by atoms with E-state index in [2.05, 4.69) is 15.3 Å². The van der Waals surface area contributed by atoms with Gasteiger partial charge in [-0.2, -0.15) is 4.98 Å². The normalized spacial score (nSPS) is 16.5. The van der Waals surface area contributed by atoms with Gasteiger partial charge in [-0.25, -0.2) is 0 Å². The molecule has 0 unspecified atom stereocenters. The molecule has 1 aliphatic carbocycles. The van der Waals surface area contributed by atoms with Crippen LogP contribution in [-0.4, -0.2) is 34.2 Å². The van der Waals surface area contributed by atoms with Crippen LogP contribution in [-0.2, 0) is 4.79 Å². The number of rotatable bonds is 7. The molecule has 0 saturated heterocycles. The molecule has 19 heavy (non-hydrogen) atoms. The highest BCUT2D eigenvalue weighted by atomic mass is 16.5. The predicted molar refractivity (Wildman–Crippen MR) is 70.2 cm³/mol. The first-order valence-electron chi connectivity index (χ1n) is 6.58. The van der Waals surface area contributed by atoms with Gasteiger partial charge in [0.1, 0.15) is 5.82 Å². The van der Waals surface area contributed by atoms with E-state index >= 15 is 0 Å². The zero-order valence-electron chi connectivity index (χ0n) is 11.1. The summed E-state index contributed by atoms with van der Waals surface area (Å²) in [6, 6.07) is 0. The maximum atomic E-state index is 11.2. The second-order valence-corrected chi connectivity index (χ2v) is 4.88. The second kappa shape index (κ2) is 5.86. The van der Waals surface area contributed by atoms with E-state index in [1.165, 1.54) is 0 Å². The van der Waals surface area contributed by atoms with Crippen molar-refractivity contribution in [1.82, 2.24) is 9.97 Å². The van der Waals surface area contributed by atoms with Crippen molar-refractivity contribution in [1.29, 1.82) is 0 Å². The van der Waals surface area contributed by atoms with Crippen molar-refractivity contribution in [3.05, 3.63) is 12.4 Å². The Bertz CT molecular complexity index is 447. The van der Waals surface area contributed by atoms with Crippen molar-refractivity contribution < 1.29 is 14.6 Å². The molecule has 1 saturated carbocycles. The lowest BCUT2D eigenvalue weighted by Crippen LogP contribution is -2.43. The van der Waals surface area contributed by atoms with Gasteiger partial charge < -0.3 is 15.2 Å². The molecule has 1 aromatic heterocycles. The summed E-state index contributed by atoms with van der Waals surface area (Å²) >= 11 is 0. The van der Waals surface area contributed by atoms with Crippen LogP contribution in [0.15, 0.2) is 12.4 Å². The number of hydrogen-bond donors (Lipinski definition) is 2. The number of aliphatic carboxylic acids is 1. The minimum Gasteiger partial charge on any atom is -0.481 e. The zero-order chi connectivity index (χ0) is 13.7. The van der Waals surface area contributed by atoms with Gasteiger partial charge in [-0.1, -0.05) is 13.3 Å². The summed E-state index contributed by atoms with van der Waals surface area (Å²) in [7, 11) is 0. The molecule has 0 bridgehead atoms. The number of nitrogens with zero attached hydrogens (tertiary/aromatic N) is 2. The standard InChI is InChI=1S/C13H19N3O3/c1-2-6-19-11-8-14-7-10(16-11)15-9-13(12(17)18)4-3-5-13/h7-8H,2-6,9H2,1H3,(H,15,16)(H,17,18). The van der Waals surface area contributed by atoms with Gasteiger partial charge in [0.2, 0.25) is 5.88 Å². The Morgan fingerprint density at radius 3 is 2.89 bits per heavy atom. The Labute approximate surface area is 112 Å². The van der Waals surface area contributed by atoms with Crippen LogP contribution in [0.4, 0.5) is 5.82 Å². The predicted octanol–water partition coefficient (Wildman–Crippen LogP) is 1.93. The number of aromatic nitrogens is 2. The van der Waals surface area contributed by atoms with Crippen LogP contribution in [0.1, 0.15) is 32.6 Å². The maximum absolute atomic E-state index is 11.2. The molecule has 0 aromatic carbocycles. The quantitative estimate of drug-likeness (QED) is 0.783. The van der Waals surface area contributed by atoms with Gasteiger partial charge in [-0.15, -0.1) is 0 Å². The lowest BCUT2D eigenvalue weighted by molar-refractivity contribution is -0.153. The first kappa shape index (κ1) is 13.6. The van der Waals surface area contributed by atoms with E-state index in [0.717, 1.165) is 25.7 Å². The van der Waals surface area contributed by atoms with E-state index in [-0.39, 0.29) is 0 Å². The van der Waals surface area contributed by atoms with E-state index < -0.39 is 11.4 Å². The van der Waals surface area contributed by atoms with Crippen molar-refractivity contribution >= 4 is 11.8 Å². The van der Waals surface area contributed by atoms with E-state index in [1.807, 2.05) is 6.92 Å². The molecule has 104 valence electrons. The van der Waals surface area contributed by atoms with Gasteiger partial charge in [-0.3, -0.25) is 9.78 Å². The van der Waals surface area contributed by atoms with Gasteiger partial charge in [0.05, 0.1) is 24.4 Å². The Kier molecular flexibility index (Phi) is 4.19. The molecule has 0 spiro atoms. The molecule has 1 aromatic rings. The van der Waals surface area contributed by atoms with Crippen LogP contribution in [0.25, 0.3) is 0 Å². The summed E-state index contributed by atoms with van der Waals surface area (Å²) in [6.07, 6.45) is 6.44. The average molecular weight is 265 g/mol. The molecule has 6 nitrogen and oxygen atoms in total. The van der Waals surface area contributed by atoms with Gasteiger partial charge in [0.15, 0.2) is 0 Å². The van der Waals surface area contributed by atoms with Crippen molar-refractivity contribution in [2.24, 2.45) is 5.41 Å². The first-order valence-corrected chi connectivity index (χ1v) is 6.58. The Balaban J connectivity index is 1.93. The van der Waals surface area contributed by atoms with E-state index in [9.17, 15) is 9.90 Å². The molecule has 0 atom stereocenters. The third-order valence-electron chi connectivity index (χ3n) is 3.44. The van der Waals surface area contributed by atoms with Crippen LogP contribution >= 0.6 is 0 Å². The number of nitrogens with one attached hydrogen (secondary N) is 1. The SMILES string of the molecule is CCCOc1cncc(NCC2(C(=O)O)CCC2)n1. The number of carbonyl (C=O) groups is 1. The fourth-order valence-corrected chi connectivity index (χ4v) is 2.04. The third-order valence-corrected chi connectivity index (χ3v) is 3.44.